The lowest BCUT2D eigenvalue weighted by atomic mass is 10.0. The van der Waals surface area contributed by atoms with E-state index < -0.39 is 12.3 Å². The minimum atomic E-state index is -0.903. The van der Waals surface area contributed by atoms with Gasteiger partial charge in [-0.25, -0.2) is 8.78 Å². The molecular weight excluding hydrogens is 254 g/mol. The molecular formula is C18H35F2. The Morgan fingerprint density at radius 1 is 0.750 bits per heavy atom. The van der Waals surface area contributed by atoms with E-state index in [-0.39, 0.29) is 0 Å². The molecule has 0 saturated carbocycles. The third-order valence-corrected chi connectivity index (χ3v) is 3.84. The smallest absolute Gasteiger partial charge is 0.100 e. The van der Waals surface area contributed by atoms with Gasteiger partial charge in [-0.05, 0) is 32.6 Å². The summed E-state index contributed by atoms with van der Waals surface area (Å²) in [6.07, 6.45) is 14.5. The molecule has 0 aromatic carbocycles. The van der Waals surface area contributed by atoms with E-state index >= 15 is 0 Å². The van der Waals surface area contributed by atoms with Gasteiger partial charge in [0.15, 0.2) is 0 Å². The molecule has 2 heteroatoms. The van der Waals surface area contributed by atoms with Crippen molar-refractivity contribution in [3.05, 3.63) is 6.42 Å². The van der Waals surface area contributed by atoms with Crippen molar-refractivity contribution in [1.82, 2.24) is 0 Å². The second-order valence-electron chi connectivity index (χ2n) is 6.06. The van der Waals surface area contributed by atoms with Crippen LogP contribution in [0.5, 0.6) is 0 Å². The Balaban J connectivity index is 3.11. The first-order valence-electron chi connectivity index (χ1n) is 8.78. The summed E-state index contributed by atoms with van der Waals surface area (Å²) in [5.74, 6) is 0. The molecule has 0 aromatic rings. The Kier molecular flexibility index (Phi) is 15.1. The van der Waals surface area contributed by atoms with Gasteiger partial charge in [-0.15, -0.1) is 0 Å². The molecule has 0 saturated heterocycles. The number of unbranched alkanes of at least 4 members (excludes halogenated alkanes) is 9. The van der Waals surface area contributed by atoms with E-state index in [0.29, 0.717) is 19.3 Å². The van der Waals surface area contributed by atoms with Crippen LogP contribution in [0.2, 0.25) is 0 Å². The Bertz CT molecular complexity index is 180. The summed E-state index contributed by atoms with van der Waals surface area (Å²) in [7, 11) is 0. The Labute approximate surface area is 125 Å². The van der Waals surface area contributed by atoms with Crippen LogP contribution >= 0.6 is 0 Å². The number of hydrogen-bond acceptors (Lipinski definition) is 0. The number of rotatable bonds is 15. The van der Waals surface area contributed by atoms with Crippen LogP contribution in [0.4, 0.5) is 8.78 Å². The maximum atomic E-state index is 13.5. The summed E-state index contributed by atoms with van der Waals surface area (Å²) in [6.45, 7) is 3.74. The second kappa shape index (κ2) is 15.3. The Morgan fingerprint density at radius 2 is 1.25 bits per heavy atom. The summed E-state index contributed by atoms with van der Waals surface area (Å²) in [5.41, 5.74) is 0. The van der Waals surface area contributed by atoms with Gasteiger partial charge in [-0.3, -0.25) is 0 Å². The lowest BCUT2D eigenvalue weighted by Gasteiger charge is -2.08. The highest BCUT2D eigenvalue weighted by Crippen LogP contribution is 2.16. The van der Waals surface area contributed by atoms with Crippen molar-refractivity contribution in [3.63, 3.8) is 0 Å². The van der Waals surface area contributed by atoms with Crippen LogP contribution in [-0.4, -0.2) is 12.3 Å². The fourth-order valence-electron chi connectivity index (χ4n) is 2.50. The first-order chi connectivity index (χ1) is 9.66. The molecule has 0 N–H and O–H groups in total. The van der Waals surface area contributed by atoms with Crippen LogP contribution in [-0.2, 0) is 0 Å². The van der Waals surface area contributed by atoms with E-state index in [9.17, 15) is 8.78 Å². The van der Waals surface area contributed by atoms with Gasteiger partial charge < -0.3 is 0 Å². The molecule has 1 radical (unpaired) electrons. The van der Waals surface area contributed by atoms with E-state index in [0.717, 1.165) is 12.8 Å². The van der Waals surface area contributed by atoms with Gasteiger partial charge in [0.1, 0.15) is 12.3 Å². The van der Waals surface area contributed by atoms with Crippen molar-refractivity contribution in [2.75, 3.05) is 0 Å². The van der Waals surface area contributed by atoms with E-state index in [2.05, 4.69) is 6.92 Å². The molecule has 0 bridgehead atoms. The minimum absolute atomic E-state index is 0.492. The average molecular weight is 289 g/mol. The first-order valence-corrected chi connectivity index (χ1v) is 8.78. The van der Waals surface area contributed by atoms with Crippen molar-refractivity contribution in [1.29, 1.82) is 0 Å². The van der Waals surface area contributed by atoms with Gasteiger partial charge >= 0.3 is 0 Å². The molecule has 20 heavy (non-hydrogen) atoms. The number of halogens is 2. The summed E-state index contributed by atoms with van der Waals surface area (Å²) in [6, 6.07) is 0. The van der Waals surface area contributed by atoms with Crippen LogP contribution in [0, 0.1) is 6.42 Å². The van der Waals surface area contributed by atoms with E-state index in [1.165, 1.54) is 58.3 Å². The van der Waals surface area contributed by atoms with E-state index in [1.807, 2.05) is 0 Å². The molecule has 0 fully saturated rings. The monoisotopic (exact) mass is 289 g/mol. The summed E-state index contributed by atoms with van der Waals surface area (Å²) in [4.78, 5) is 0. The van der Waals surface area contributed by atoms with Crippen LogP contribution in [0.15, 0.2) is 0 Å². The van der Waals surface area contributed by atoms with Gasteiger partial charge in [0.2, 0.25) is 0 Å². The van der Waals surface area contributed by atoms with Crippen molar-refractivity contribution in [3.8, 4) is 0 Å². The van der Waals surface area contributed by atoms with Crippen LogP contribution in [0.1, 0.15) is 97.3 Å². The normalized spacial score (nSPS) is 14.4. The molecule has 0 aliphatic heterocycles. The molecule has 2 atom stereocenters. The highest BCUT2D eigenvalue weighted by atomic mass is 19.1. The molecule has 0 rings (SSSR count). The lowest BCUT2D eigenvalue weighted by Crippen LogP contribution is -2.02. The summed E-state index contributed by atoms with van der Waals surface area (Å²) >= 11 is 0. The molecule has 0 nitrogen and oxygen atoms in total. The molecule has 0 aliphatic rings. The zero-order chi connectivity index (χ0) is 15.1. The fourth-order valence-corrected chi connectivity index (χ4v) is 2.50. The predicted molar refractivity (Wildman–Crippen MR) is 85.5 cm³/mol. The van der Waals surface area contributed by atoms with Crippen molar-refractivity contribution < 1.29 is 8.78 Å². The van der Waals surface area contributed by atoms with Crippen molar-refractivity contribution in [2.45, 2.75) is 110 Å². The second-order valence-corrected chi connectivity index (χ2v) is 6.06. The first kappa shape index (κ1) is 19.9. The summed E-state index contributed by atoms with van der Waals surface area (Å²) < 4.78 is 26.0. The maximum absolute atomic E-state index is 13.5. The lowest BCUT2D eigenvalue weighted by molar-refractivity contribution is 0.280. The predicted octanol–water partition coefficient (Wildman–Crippen LogP) is 6.98. The topological polar surface area (TPSA) is 0 Å². The van der Waals surface area contributed by atoms with Gasteiger partial charge in [0, 0.05) is 0 Å². The van der Waals surface area contributed by atoms with Crippen molar-refractivity contribution >= 4 is 0 Å². The third-order valence-electron chi connectivity index (χ3n) is 3.84. The zero-order valence-electron chi connectivity index (χ0n) is 13.7. The van der Waals surface area contributed by atoms with Crippen molar-refractivity contribution in [2.24, 2.45) is 0 Å². The van der Waals surface area contributed by atoms with Crippen LogP contribution in [0.25, 0.3) is 0 Å². The number of alkyl halides is 2. The van der Waals surface area contributed by atoms with Crippen LogP contribution < -0.4 is 0 Å². The van der Waals surface area contributed by atoms with Gasteiger partial charge in [0.05, 0.1) is 0 Å². The number of hydrogen-bond donors (Lipinski definition) is 0. The highest BCUT2D eigenvalue weighted by molar-refractivity contribution is 4.73. The molecule has 0 aliphatic carbocycles. The SMILES string of the molecule is CCCCCCCCCCCCC(F)CC[CH]C(C)F. The highest BCUT2D eigenvalue weighted by Gasteiger charge is 2.07. The minimum Gasteiger partial charge on any atom is -0.247 e. The third kappa shape index (κ3) is 15.9. The van der Waals surface area contributed by atoms with E-state index in [4.69, 9.17) is 0 Å². The fraction of sp³-hybridized carbons (Fsp3) is 0.944. The quantitative estimate of drug-likeness (QED) is 0.285. The summed E-state index contributed by atoms with van der Waals surface area (Å²) in [5, 5.41) is 0. The molecule has 0 aromatic heterocycles. The van der Waals surface area contributed by atoms with Gasteiger partial charge in [-0.2, -0.15) is 0 Å². The van der Waals surface area contributed by atoms with Gasteiger partial charge in [0.25, 0.3) is 0 Å². The van der Waals surface area contributed by atoms with Gasteiger partial charge in [-0.1, -0.05) is 71.1 Å². The maximum Gasteiger partial charge on any atom is 0.100 e. The standard InChI is InChI=1S/C18H35F2/c1-3-4-5-6-7-8-9-10-11-12-15-18(20)16-13-14-17(2)19/h14,17-18H,3-13,15-16H2,1-2H3. The molecule has 0 heterocycles. The Morgan fingerprint density at radius 3 is 1.75 bits per heavy atom. The average Bonchev–Trinajstić information content (AvgIpc) is 2.40. The Hall–Kier alpha value is -0.140. The largest absolute Gasteiger partial charge is 0.247 e. The molecule has 2 unspecified atom stereocenters. The van der Waals surface area contributed by atoms with Crippen LogP contribution in [0.3, 0.4) is 0 Å². The molecule has 121 valence electrons. The zero-order valence-corrected chi connectivity index (χ0v) is 13.7. The molecule has 0 amide bonds. The molecule has 0 spiro atoms. The van der Waals surface area contributed by atoms with E-state index in [1.54, 1.807) is 6.42 Å².